The van der Waals surface area contributed by atoms with Crippen LogP contribution in [0.15, 0.2) is 42.5 Å². The smallest absolute Gasteiger partial charge is 0.294 e. The molecular weight excluding hydrogens is 494 g/mol. The third-order valence-electron chi connectivity index (χ3n) is 5.84. The number of methoxy groups -OCH3 is 1. The SMILES string of the molecule is COc1cccc2c1CC(=O)C(=O)N2CCCN1CCN(c2cccc(Cl)c2)CC1.CS(=O)(=O)O. The normalized spacial score (nSPS) is 16.5. The predicted octanol–water partition coefficient (Wildman–Crippen LogP) is 2.52. The van der Waals surface area contributed by atoms with E-state index >= 15 is 0 Å². The van der Waals surface area contributed by atoms with Crippen LogP contribution in [0.2, 0.25) is 5.02 Å². The van der Waals surface area contributed by atoms with Gasteiger partial charge in [-0.05, 0) is 43.3 Å². The van der Waals surface area contributed by atoms with Crippen LogP contribution in [0.25, 0.3) is 0 Å². The molecule has 2 aliphatic heterocycles. The average molecular weight is 524 g/mol. The fourth-order valence-electron chi connectivity index (χ4n) is 4.25. The first-order chi connectivity index (χ1) is 16.6. The zero-order valence-electron chi connectivity index (χ0n) is 19.8. The van der Waals surface area contributed by atoms with Gasteiger partial charge in [0.2, 0.25) is 5.78 Å². The number of piperazine rings is 1. The fourth-order valence-corrected chi connectivity index (χ4v) is 4.43. The van der Waals surface area contributed by atoms with Crippen molar-refractivity contribution in [3.05, 3.63) is 53.1 Å². The van der Waals surface area contributed by atoms with Crippen LogP contribution in [0.5, 0.6) is 5.75 Å². The van der Waals surface area contributed by atoms with Crippen LogP contribution in [0, 0.1) is 0 Å². The molecule has 2 heterocycles. The number of carbonyl (C=O) groups excluding carboxylic acids is 2. The molecule has 0 aliphatic carbocycles. The molecule has 0 atom stereocenters. The molecule has 1 fully saturated rings. The first-order valence-electron chi connectivity index (χ1n) is 11.2. The minimum absolute atomic E-state index is 0.111. The van der Waals surface area contributed by atoms with Gasteiger partial charge in [-0.15, -0.1) is 0 Å². The van der Waals surface area contributed by atoms with Crippen molar-refractivity contribution in [2.45, 2.75) is 12.8 Å². The van der Waals surface area contributed by atoms with E-state index in [1.807, 2.05) is 36.4 Å². The molecule has 1 N–H and O–H groups in total. The summed E-state index contributed by atoms with van der Waals surface area (Å²) in [4.78, 5) is 31.1. The molecule has 0 saturated carbocycles. The van der Waals surface area contributed by atoms with Crippen molar-refractivity contribution < 1.29 is 27.3 Å². The standard InChI is InChI=1S/C23H26ClN3O3.CH4O3S/c1-30-22-8-3-7-20-19(22)16-21(28)23(29)27(20)10-4-9-25-11-13-26(14-12-25)18-6-2-5-17(24)15-18;1-5(2,3)4/h2-3,5-8,15H,4,9-14,16H2,1H3;1H3,(H,2,3,4). The Hall–Kier alpha value is -2.66. The molecule has 0 bridgehead atoms. The summed E-state index contributed by atoms with van der Waals surface area (Å²) in [6.07, 6.45) is 1.64. The lowest BCUT2D eigenvalue weighted by molar-refractivity contribution is -0.136. The van der Waals surface area contributed by atoms with Crippen molar-refractivity contribution in [1.82, 2.24) is 4.90 Å². The predicted molar refractivity (Wildman–Crippen MR) is 136 cm³/mol. The van der Waals surface area contributed by atoms with Crippen LogP contribution in [-0.2, 0) is 26.1 Å². The van der Waals surface area contributed by atoms with Crippen molar-refractivity contribution >= 4 is 44.8 Å². The summed E-state index contributed by atoms with van der Waals surface area (Å²) in [5, 5.41) is 0.757. The molecule has 0 spiro atoms. The molecule has 0 radical (unpaired) electrons. The summed E-state index contributed by atoms with van der Waals surface area (Å²) in [6, 6.07) is 13.6. The van der Waals surface area contributed by atoms with Gasteiger partial charge in [-0.25, -0.2) is 0 Å². The number of carbonyl (C=O) groups is 2. The van der Waals surface area contributed by atoms with Crippen LogP contribution in [0.4, 0.5) is 11.4 Å². The first kappa shape index (κ1) is 26.9. The molecule has 190 valence electrons. The Kier molecular flexibility index (Phi) is 9.12. The largest absolute Gasteiger partial charge is 0.496 e. The monoisotopic (exact) mass is 523 g/mol. The lowest BCUT2D eigenvalue weighted by Crippen LogP contribution is -2.47. The van der Waals surface area contributed by atoms with E-state index in [-0.39, 0.29) is 12.2 Å². The first-order valence-corrected chi connectivity index (χ1v) is 13.5. The Labute approximate surface area is 211 Å². The van der Waals surface area contributed by atoms with Gasteiger partial charge in [0.15, 0.2) is 0 Å². The topological polar surface area (TPSA) is 107 Å². The van der Waals surface area contributed by atoms with E-state index in [0.29, 0.717) is 18.6 Å². The van der Waals surface area contributed by atoms with E-state index in [2.05, 4.69) is 15.9 Å². The van der Waals surface area contributed by atoms with Crippen molar-refractivity contribution in [2.75, 3.05) is 62.4 Å². The van der Waals surface area contributed by atoms with Gasteiger partial charge in [0.05, 0.1) is 19.1 Å². The number of hydrogen-bond donors (Lipinski definition) is 1. The number of ketones is 1. The molecule has 4 rings (SSSR count). The molecule has 9 nitrogen and oxygen atoms in total. The third-order valence-corrected chi connectivity index (χ3v) is 6.08. The maximum absolute atomic E-state index is 12.5. The van der Waals surface area contributed by atoms with Crippen LogP contribution in [0.1, 0.15) is 12.0 Å². The molecule has 1 saturated heterocycles. The van der Waals surface area contributed by atoms with Gasteiger partial charge in [0.1, 0.15) is 5.75 Å². The summed E-state index contributed by atoms with van der Waals surface area (Å²) in [7, 11) is -2.08. The number of nitrogens with zero attached hydrogens (tertiary/aromatic N) is 3. The fraction of sp³-hybridized carbons (Fsp3) is 0.417. The Morgan fingerprint density at radius 1 is 1.03 bits per heavy atom. The Morgan fingerprint density at radius 3 is 2.31 bits per heavy atom. The van der Waals surface area contributed by atoms with E-state index in [1.54, 1.807) is 12.0 Å². The van der Waals surface area contributed by atoms with Gasteiger partial charge in [-0.1, -0.05) is 23.7 Å². The minimum Gasteiger partial charge on any atom is -0.496 e. The maximum atomic E-state index is 12.5. The van der Waals surface area contributed by atoms with E-state index < -0.39 is 16.0 Å². The highest BCUT2D eigenvalue weighted by molar-refractivity contribution is 7.85. The summed E-state index contributed by atoms with van der Waals surface area (Å²) in [5.41, 5.74) is 2.76. The number of ether oxygens (including phenoxy) is 1. The van der Waals surface area contributed by atoms with Crippen molar-refractivity contribution in [3.63, 3.8) is 0 Å². The van der Waals surface area contributed by atoms with Gasteiger partial charge in [0.25, 0.3) is 16.0 Å². The highest BCUT2D eigenvalue weighted by Crippen LogP contribution is 2.33. The molecular formula is C24H30ClN3O6S. The maximum Gasteiger partial charge on any atom is 0.294 e. The van der Waals surface area contributed by atoms with Gasteiger partial charge >= 0.3 is 0 Å². The average Bonchev–Trinajstić information content (AvgIpc) is 2.80. The van der Waals surface area contributed by atoms with Crippen LogP contribution in [-0.4, -0.2) is 82.2 Å². The summed E-state index contributed by atoms with van der Waals surface area (Å²) >= 11 is 6.11. The molecule has 11 heteroatoms. The summed E-state index contributed by atoms with van der Waals surface area (Å²) in [5.74, 6) is -0.126. The van der Waals surface area contributed by atoms with Gasteiger partial charge in [0, 0.05) is 55.4 Å². The zero-order valence-corrected chi connectivity index (χ0v) is 21.4. The van der Waals surface area contributed by atoms with Crippen molar-refractivity contribution in [1.29, 1.82) is 0 Å². The molecule has 35 heavy (non-hydrogen) atoms. The van der Waals surface area contributed by atoms with E-state index in [4.69, 9.17) is 20.9 Å². The number of hydrogen-bond acceptors (Lipinski definition) is 7. The number of halogens is 1. The Morgan fingerprint density at radius 2 is 1.69 bits per heavy atom. The molecule has 2 aromatic rings. The van der Waals surface area contributed by atoms with Gasteiger partial charge in [-0.3, -0.25) is 19.0 Å². The number of anilines is 2. The third kappa shape index (κ3) is 7.66. The van der Waals surface area contributed by atoms with Gasteiger partial charge in [-0.2, -0.15) is 8.42 Å². The van der Waals surface area contributed by atoms with Crippen molar-refractivity contribution in [2.24, 2.45) is 0 Å². The second-order valence-electron chi connectivity index (χ2n) is 8.41. The van der Waals surface area contributed by atoms with Crippen molar-refractivity contribution in [3.8, 4) is 5.75 Å². The Balaban J connectivity index is 0.000000623. The molecule has 1 amide bonds. The second kappa shape index (κ2) is 11.9. The highest BCUT2D eigenvalue weighted by atomic mass is 35.5. The Bertz CT molecular complexity index is 1160. The lowest BCUT2D eigenvalue weighted by atomic mass is 9.99. The van der Waals surface area contributed by atoms with Gasteiger partial charge < -0.3 is 14.5 Å². The lowest BCUT2D eigenvalue weighted by Gasteiger charge is -2.36. The second-order valence-corrected chi connectivity index (χ2v) is 10.3. The quantitative estimate of drug-likeness (QED) is 0.454. The molecule has 0 unspecified atom stereocenters. The number of fused-ring (bicyclic) bond motifs is 1. The molecule has 0 aromatic heterocycles. The number of rotatable bonds is 6. The summed E-state index contributed by atoms with van der Waals surface area (Å²) < 4.78 is 31.3. The highest BCUT2D eigenvalue weighted by Gasteiger charge is 2.32. The van der Waals surface area contributed by atoms with E-state index in [0.717, 1.165) is 61.1 Å². The number of amides is 1. The number of benzene rings is 2. The van der Waals surface area contributed by atoms with E-state index in [9.17, 15) is 18.0 Å². The van der Waals surface area contributed by atoms with E-state index in [1.165, 1.54) is 0 Å². The van der Waals surface area contributed by atoms with Crippen LogP contribution < -0.4 is 14.5 Å². The van der Waals surface area contributed by atoms with Crippen LogP contribution >= 0.6 is 11.6 Å². The van der Waals surface area contributed by atoms with Crippen LogP contribution in [0.3, 0.4) is 0 Å². The molecule has 2 aromatic carbocycles. The summed E-state index contributed by atoms with van der Waals surface area (Å²) in [6.45, 7) is 5.23. The minimum atomic E-state index is -3.67. The molecule has 2 aliphatic rings. The zero-order chi connectivity index (χ0) is 25.6. The number of Topliss-reactive ketones (excluding diaryl/α,β-unsaturated/α-hetero) is 1.